The largest absolute Gasteiger partial charge is 0.481 e. The minimum atomic E-state index is -1.03. The summed E-state index contributed by atoms with van der Waals surface area (Å²) < 4.78 is 6.84. The standard InChI is InChI=1S/C10H11N3O3S/c1-5-7(9(16-3)13(2)12-5)8-11-6(4-17-8)10(14)15/h4H,1-3H3,(H,14,15). The van der Waals surface area contributed by atoms with Crippen LogP contribution in [0.25, 0.3) is 10.6 Å². The van der Waals surface area contributed by atoms with E-state index in [0.29, 0.717) is 10.9 Å². The molecule has 0 aromatic carbocycles. The third-order valence-electron chi connectivity index (χ3n) is 2.30. The first-order valence-corrected chi connectivity index (χ1v) is 5.69. The summed E-state index contributed by atoms with van der Waals surface area (Å²) in [6.45, 7) is 1.83. The smallest absolute Gasteiger partial charge is 0.355 e. The van der Waals surface area contributed by atoms with Crippen LogP contribution in [0.4, 0.5) is 0 Å². The van der Waals surface area contributed by atoms with Crippen LogP contribution >= 0.6 is 11.3 Å². The molecule has 0 amide bonds. The Morgan fingerprint density at radius 3 is 2.82 bits per heavy atom. The highest BCUT2D eigenvalue weighted by Crippen LogP contribution is 2.34. The number of nitrogens with zero attached hydrogens (tertiary/aromatic N) is 3. The summed E-state index contributed by atoms with van der Waals surface area (Å²) in [4.78, 5) is 14.8. The fourth-order valence-electron chi connectivity index (χ4n) is 1.60. The van der Waals surface area contributed by atoms with Crippen molar-refractivity contribution in [3.8, 4) is 16.5 Å². The zero-order chi connectivity index (χ0) is 12.6. The third-order valence-corrected chi connectivity index (χ3v) is 3.16. The number of aromatic carboxylic acids is 1. The van der Waals surface area contributed by atoms with Gasteiger partial charge in [-0.25, -0.2) is 14.5 Å². The molecule has 0 bridgehead atoms. The number of ether oxygens (including phenoxy) is 1. The number of hydrogen-bond acceptors (Lipinski definition) is 5. The summed E-state index contributed by atoms with van der Waals surface area (Å²) in [5.41, 5.74) is 1.54. The van der Waals surface area contributed by atoms with Gasteiger partial charge in [-0.2, -0.15) is 5.10 Å². The van der Waals surface area contributed by atoms with Crippen LogP contribution in [0, 0.1) is 6.92 Å². The van der Waals surface area contributed by atoms with Gasteiger partial charge in [-0.15, -0.1) is 11.3 Å². The summed E-state index contributed by atoms with van der Waals surface area (Å²) in [5.74, 6) is -0.457. The van der Waals surface area contributed by atoms with Gasteiger partial charge in [0.25, 0.3) is 0 Å². The summed E-state index contributed by atoms with van der Waals surface area (Å²) in [5, 5.41) is 15.2. The fraction of sp³-hybridized carbons (Fsp3) is 0.300. The molecule has 0 unspecified atom stereocenters. The number of hydrogen-bond donors (Lipinski definition) is 1. The number of methoxy groups -OCH3 is 1. The van der Waals surface area contributed by atoms with Crippen molar-refractivity contribution in [2.45, 2.75) is 6.92 Å². The number of carboxylic acid groups (broad SMARTS) is 1. The van der Waals surface area contributed by atoms with Crippen molar-refractivity contribution in [3.05, 3.63) is 16.8 Å². The second-order valence-electron chi connectivity index (χ2n) is 3.44. The van der Waals surface area contributed by atoms with Crippen LogP contribution in [0.3, 0.4) is 0 Å². The van der Waals surface area contributed by atoms with Crippen molar-refractivity contribution >= 4 is 17.3 Å². The van der Waals surface area contributed by atoms with E-state index in [9.17, 15) is 4.79 Å². The molecule has 0 saturated carbocycles. The van der Waals surface area contributed by atoms with Crippen LogP contribution in [0.2, 0.25) is 0 Å². The Morgan fingerprint density at radius 1 is 1.59 bits per heavy atom. The van der Waals surface area contributed by atoms with E-state index in [1.165, 1.54) is 16.7 Å². The van der Waals surface area contributed by atoms with Gasteiger partial charge < -0.3 is 9.84 Å². The molecule has 0 aliphatic carbocycles. The molecule has 90 valence electrons. The highest BCUT2D eigenvalue weighted by Gasteiger charge is 2.20. The van der Waals surface area contributed by atoms with Crippen molar-refractivity contribution in [2.24, 2.45) is 7.05 Å². The monoisotopic (exact) mass is 253 g/mol. The van der Waals surface area contributed by atoms with E-state index in [4.69, 9.17) is 9.84 Å². The van der Waals surface area contributed by atoms with Gasteiger partial charge in [-0.05, 0) is 6.92 Å². The van der Waals surface area contributed by atoms with Crippen molar-refractivity contribution < 1.29 is 14.6 Å². The first-order chi connectivity index (χ1) is 8.04. The number of aromatic nitrogens is 3. The van der Waals surface area contributed by atoms with E-state index in [1.807, 2.05) is 6.92 Å². The van der Waals surface area contributed by atoms with Gasteiger partial charge in [0, 0.05) is 12.4 Å². The Kier molecular flexibility index (Phi) is 2.84. The zero-order valence-corrected chi connectivity index (χ0v) is 10.4. The molecule has 0 aliphatic rings. The molecule has 0 spiro atoms. The summed E-state index contributed by atoms with van der Waals surface area (Å²) in [6, 6.07) is 0. The average Bonchev–Trinajstić information content (AvgIpc) is 2.82. The zero-order valence-electron chi connectivity index (χ0n) is 9.59. The summed E-state index contributed by atoms with van der Waals surface area (Å²) in [6.07, 6.45) is 0. The highest BCUT2D eigenvalue weighted by atomic mass is 32.1. The normalized spacial score (nSPS) is 10.5. The van der Waals surface area contributed by atoms with Crippen LogP contribution < -0.4 is 4.74 Å². The molecule has 0 aliphatic heterocycles. The Balaban J connectivity index is 2.55. The molecule has 2 aromatic heterocycles. The van der Waals surface area contributed by atoms with Gasteiger partial charge in [0.15, 0.2) is 5.69 Å². The topological polar surface area (TPSA) is 77.2 Å². The van der Waals surface area contributed by atoms with Crippen LogP contribution in [-0.4, -0.2) is 33.0 Å². The van der Waals surface area contributed by atoms with E-state index in [-0.39, 0.29) is 5.69 Å². The Bertz CT molecular complexity index is 573. The third kappa shape index (κ3) is 1.89. The minimum Gasteiger partial charge on any atom is -0.481 e. The van der Waals surface area contributed by atoms with E-state index < -0.39 is 5.97 Å². The first-order valence-electron chi connectivity index (χ1n) is 4.81. The maximum Gasteiger partial charge on any atom is 0.355 e. The molecular weight excluding hydrogens is 242 g/mol. The lowest BCUT2D eigenvalue weighted by Gasteiger charge is -2.01. The number of carboxylic acids is 1. The lowest BCUT2D eigenvalue weighted by molar-refractivity contribution is 0.0691. The van der Waals surface area contributed by atoms with Crippen LogP contribution in [0.5, 0.6) is 5.88 Å². The van der Waals surface area contributed by atoms with Crippen molar-refractivity contribution in [1.82, 2.24) is 14.8 Å². The summed E-state index contributed by atoms with van der Waals surface area (Å²) in [7, 11) is 3.31. The van der Waals surface area contributed by atoms with E-state index >= 15 is 0 Å². The van der Waals surface area contributed by atoms with Gasteiger partial charge >= 0.3 is 5.97 Å². The quantitative estimate of drug-likeness (QED) is 0.898. The molecule has 2 rings (SSSR count). The van der Waals surface area contributed by atoms with Crippen LogP contribution in [0.1, 0.15) is 16.2 Å². The van der Waals surface area contributed by atoms with Crippen LogP contribution in [-0.2, 0) is 7.05 Å². The Labute approximate surface area is 101 Å². The molecule has 6 nitrogen and oxygen atoms in total. The van der Waals surface area contributed by atoms with Crippen molar-refractivity contribution in [1.29, 1.82) is 0 Å². The predicted molar refractivity (Wildman–Crippen MR) is 62.6 cm³/mol. The van der Waals surface area contributed by atoms with Gasteiger partial charge in [-0.1, -0.05) is 0 Å². The SMILES string of the molecule is COc1c(-c2nc(C(=O)O)cs2)c(C)nn1C. The Hall–Kier alpha value is -1.89. The van der Waals surface area contributed by atoms with E-state index in [1.54, 1.807) is 18.8 Å². The Morgan fingerprint density at radius 2 is 2.29 bits per heavy atom. The average molecular weight is 253 g/mol. The molecule has 0 fully saturated rings. The number of rotatable bonds is 3. The van der Waals surface area contributed by atoms with Gasteiger partial charge in [0.2, 0.25) is 5.88 Å². The molecule has 0 atom stereocenters. The lowest BCUT2D eigenvalue weighted by atomic mass is 10.2. The van der Waals surface area contributed by atoms with Crippen molar-refractivity contribution in [2.75, 3.05) is 7.11 Å². The molecule has 2 heterocycles. The molecule has 0 radical (unpaired) electrons. The lowest BCUT2D eigenvalue weighted by Crippen LogP contribution is -1.97. The minimum absolute atomic E-state index is 0.0373. The fourth-order valence-corrected chi connectivity index (χ4v) is 2.48. The molecule has 0 saturated heterocycles. The van der Waals surface area contributed by atoms with Gasteiger partial charge in [-0.3, -0.25) is 0 Å². The second kappa shape index (κ2) is 4.17. The van der Waals surface area contributed by atoms with E-state index in [2.05, 4.69) is 10.1 Å². The first kappa shape index (κ1) is 11.6. The van der Waals surface area contributed by atoms with E-state index in [0.717, 1.165) is 11.3 Å². The van der Waals surface area contributed by atoms with Crippen molar-refractivity contribution in [3.63, 3.8) is 0 Å². The maximum absolute atomic E-state index is 10.8. The number of thiazole rings is 1. The predicted octanol–water partition coefficient (Wildman–Crippen LogP) is 1.56. The molecule has 17 heavy (non-hydrogen) atoms. The highest BCUT2D eigenvalue weighted by molar-refractivity contribution is 7.13. The van der Waals surface area contributed by atoms with Gasteiger partial charge in [0.05, 0.1) is 18.4 Å². The number of carbonyl (C=O) groups is 1. The summed E-state index contributed by atoms with van der Waals surface area (Å²) >= 11 is 1.26. The van der Waals surface area contributed by atoms with Gasteiger partial charge in [0.1, 0.15) is 5.01 Å². The second-order valence-corrected chi connectivity index (χ2v) is 4.29. The number of aryl methyl sites for hydroxylation is 2. The molecule has 7 heteroatoms. The maximum atomic E-state index is 10.8. The molecule has 1 N–H and O–H groups in total. The van der Waals surface area contributed by atoms with Crippen LogP contribution in [0.15, 0.2) is 5.38 Å². The molecule has 2 aromatic rings. The molecular formula is C10H11N3O3S.